The molecule has 0 saturated carbocycles. The second-order valence-electron chi connectivity index (χ2n) is 4.75. The van der Waals surface area contributed by atoms with Gasteiger partial charge < -0.3 is 19.3 Å². The van der Waals surface area contributed by atoms with Crippen molar-refractivity contribution < 1.29 is 18.4 Å². The largest absolute Gasteiger partial charge is 0.485 e. The molecule has 0 radical (unpaired) electrons. The van der Waals surface area contributed by atoms with Gasteiger partial charge in [-0.05, 0) is 12.1 Å². The van der Waals surface area contributed by atoms with Crippen LogP contribution in [0.3, 0.4) is 0 Å². The van der Waals surface area contributed by atoms with Gasteiger partial charge in [0.15, 0.2) is 6.61 Å². The van der Waals surface area contributed by atoms with Crippen LogP contribution in [-0.4, -0.2) is 35.9 Å². The van der Waals surface area contributed by atoms with Crippen LogP contribution in [0.2, 0.25) is 0 Å². The van der Waals surface area contributed by atoms with Gasteiger partial charge >= 0.3 is 0 Å². The first-order valence-corrected chi connectivity index (χ1v) is 6.82. The summed E-state index contributed by atoms with van der Waals surface area (Å²) in [5.41, 5.74) is 0. The molecule has 0 aliphatic carbocycles. The summed E-state index contributed by atoms with van der Waals surface area (Å²) in [5, 5.41) is 7.08. The second kappa shape index (κ2) is 8.07. The van der Waals surface area contributed by atoms with Gasteiger partial charge in [0.1, 0.15) is 11.6 Å². The molecule has 1 atom stereocenters. The van der Waals surface area contributed by atoms with Crippen LogP contribution in [0.4, 0.5) is 4.39 Å². The minimum atomic E-state index is -0.344. The van der Waals surface area contributed by atoms with Crippen molar-refractivity contribution in [3.63, 3.8) is 0 Å². The molecule has 2 heterocycles. The Labute approximate surface area is 133 Å². The fraction of sp³-hybridized carbons (Fsp3) is 0.429. The van der Waals surface area contributed by atoms with E-state index in [1.54, 1.807) is 12.1 Å². The van der Waals surface area contributed by atoms with E-state index >= 15 is 0 Å². The number of rotatable bonds is 5. The van der Waals surface area contributed by atoms with Gasteiger partial charge in [0.2, 0.25) is 11.7 Å². The Morgan fingerprint density at radius 3 is 3.09 bits per heavy atom. The lowest BCUT2D eigenvalue weighted by molar-refractivity contribution is 0.0246. The van der Waals surface area contributed by atoms with Gasteiger partial charge in [-0.3, -0.25) is 0 Å². The zero-order valence-electron chi connectivity index (χ0n) is 11.8. The van der Waals surface area contributed by atoms with Crippen molar-refractivity contribution in [2.75, 3.05) is 19.7 Å². The highest BCUT2D eigenvalue weighted by molar-refractivity contribution is 5.85. The second-order valence-corrected chi connectivity index (χ2v) is 4.75. The number of halogens is 2. The lowest BCUT2D eigenvalue weighted by Crippen LogP contribution is -2.39. The molecular formula is C14H17ClFN3O3. The van der Waals surface area contributed by atoms with Gasteiger partial charge in [0, 0.05) is 19.2 Å². The van der Waals surface area contributed by atoms with Gasteiger partial charge in [-0.15, -0.1) is 12.4 Å². The molecule has 8 heteroatoms. The number of nitrogens with zero attached hydrogens (tertiary/aromatic N) is 2. The highest BCUT2D eigenvalue weighted by atomic mass is 35.5. The zero-order chi connectivity index (χ0) is 14.5. The number of hydrogen-bond acceptors (Lipinski definition) is 6. The predicted octanol–water partition coefficient (Wildman–Crippen LogP) is 1.74. The summed E-state index contributed by atoms with van der Waals surface area (Å²) in [6.45, 7) is 2.47. The van der Waals surface area contributed by atoms with Crippen LogP contribution in [0.5, 0.6) is 5.75 Å². The van der Waals surface area contributed by atoms with Crippen LogP contribution < -0.4 is 10.1 Å². The SMILES string of the molecule is Cl.Fc1cccc(OCc2noc(CC3CNCCO3)n2)c1. The van der Waals surface area contributed by atoms with Crippen LogP contribution in [0.25, 0.3) is 0 Å². The van der Waals surface area contributed by atoms with Crippen molar-refractivity contribution in [1.82, 2.24) is 15.5 Å². The molecule has 1 aliphatic heterocycles. The summed E-state index contributed by atoms with van der Waals surface area (Å²) < 4.78 is 29.1. The minimum Gasteiger partial charge on any atom is -0.485 e. The summed E-state index contributed by atoms with van der Waals surface area (Å²) in [6.07, 6.45) is 0.621. The van der Waals surface area contributed by atoms with E-state index in [9.17, 15) is 4.39 Å². The first-order chi connectivity index (χ1) is 10.3. The van der Waals surface area contributed by atoms with Crippen molar-refractivity contribution >= 4 is 12.4 Å². The van der Waals surface area contributed by atoms with Gasteiger partial charge in [0.25, 0.3) is 0 Å². The Kier molecular flexibility index (Phi) is 6.11. The standard InChI is InChI=1S/C14H16FN3O3.ClH/c15-10-2-1-3-11(6-10)20-9-13-17-14(21-18-13)7-12-8-16-4-5-19-12;/h1-3,6,12,16H,4-5,7-9H2;1H. The number of nitrogens with one attached hydrogen (secondary N) is 1. The summed E-state index contributed by atoms with van der Waals surface area (Å²) in [7, 11) is 0. The van der Waals surface area contributed by atoms with E-state index in [0.29, 0.717) is 30.5 Å². The van der Waals surface area contributed by atoms with Crippen molar-refractivity contribution in [2.45, 2.75) is 19.1 Å². The van der Waals surface area contributed by atoms with Gasteiger partial charge in [-0.1, -0.05) is 11.2 Å². The molecule has 0 spiro atoms. The third kappa shape index (κ3) is 4.66. The fourth-order valence-electron chi connectivity index (χ4n) is 2.08. The molecular weight excluding hydrogens is 313 g/mol. The number of benzene rings is 1. The highest BCUT2D eigenvalue weighted by Crippen LogP contribution is 2.13. The average Bonchev–Trinajstić information content (AvgIpc) is 2.94. The third-order valence-corrected chi connectivity index (χ3v) is 3.08. The molecule has 1 saturated heterocycles. The number of ether oxygens (including phenoxy) is 2. The Balaban J connectivity index is 0.00000176. The van der Waals surface area contributed by atoms with Crippen LogP contribution in [0.1, 0.15) is 11.7 Å². The lowest BCUT2D eigenvalue weighted by Gasteiger charge is -2.21. The van der Waals surface area contributed by atoms with Crippen molar-refractivity contribution in [2.24, 2.45) is 0 Å². The van der Waals surface area contributed by atoms with Gasteiger partial charge in [-0.2, -0.15) is 4.98 Å². The molecule has 1 fully saturated rings. The molecule has 1 N–H and O–H groups in total. The quantitative estimate of drug-likeness (QED) is 0.901. The Hall–Kier alpha value is -1.70. The molecule has 0 amide bonds. The maximum absolute atomic E-state index is 13.0. The number of aromatic nitrogens is 2. The van der Waals surface area contributed by atoms with Crippen molar-refractivity contribution in [3.8, 4) is 5.75 Å². The van der Waals surface area contributed by atoms with Crippen LogP contribution in [-0.2, 0) is 17.8 Å². The molecule has 2 aromatic rings. The van der Waals surface area contributed by atoms with E-state index in [2.05, 4.69) is 15.5 Å². The fourth-order valence-corrected chi connectivity index (χ4v) is 2.08. The first kappa shape index (κ1) is 16.7. The van der Waals surface area contributed by atoms with E-state index in [-0.39, 0.29) is 30.9 Å². The normalized spacial score (nSPS) is 17.8. The maximum Gasteiger partial charge on any atom is 0.229 e. The lowest BCUT2D eigenvalue weighted by atomic mass is 10.2. The van der Waals surface area contributed by atoms with Crippen molar-refractivity contribution in [1.29, 1.82) is 0 Å². The maximum atomic E-state index is 13.0. The molecule has 3 rings (SSSR count). The van der Waals surface area contributed by atoms with E-state index in [1.807, 2.05) is 0 Å². The molecule has 0 bridgehead atoms. The number of hydrogen-bond donors (Lipinski definition) is 1. The monoisotopic (exact) mass is 329 g/mol. The molecule has 1 aromatic heterocycles. The smallest absolute Gasteiger partial charge is 0.229 e. The van der Waals surface area contributed by atoms with E-state index in [4.69, 9.17) is 14.0 Å². The molecule has 1 aromatic carbocycles. The van der Waals surface area contributed by atoms with Gasteiger partial charge in [-0.25, -0.2) is 4.39 Å². The van der Waals surface area contributed by atoms with Crippen LogP contribution >= 0.6 is 12.4 Å². The van der Waals surface area contributed by atoms with Gasteiger partial charge in [0.05, 0.1) is 19.1 Å². The molecule has 1 unspecified atom stereocenters. The van der Waals surface area contributed by atoms with E-state index in [0.717, 1.165) is 13.1 Å². The Morgan fingerprint density at radius 1 is 1.41 bits per heavy atom. The molecule has 1 aliphatic rings. The van der Waals surface area contributed by atoms with Crippen LogP contribution in [0.15, 0.2) is 28.8 Å². The summed E-state index contributed by atoms with van der Waals surface area (Å²) >= 11 is 0. The number of morpholine rings is 1. The highest BCUT2D eigenvalue weighted by Gasteiger charge is 2.17. The van der Waals surface area contributed by atoms with Crippen molar-refractivity contribution in [3.05, 3.63) is 41.8 Å². The zero-order valence-corrected chi connectivity index (χ0v) is 12.6. The summed E-state index contributed by atoms with van der Waals surface area (Å²) in [6, 6.07) is 5.92. The summed E-state index contributed by atoms with van der Waals surface area (Å²) in [4.78, 5) is 4.24. The third-order valence-electron chi connectivity index (χ3n) is 3.08. The molecule has 6 nitrogen and oxygen atoms in total. The summed E-state index contributed by atoms with van der Waals surface area (Å²) in [5.74, 6) is 1.03. The molecule has 22 heavy (non-hydrogen) atoms. The predicted molar refractivity (Wildman–Crippen MR) is 78.6 cm³/mol. The van der Waals surface area contributed by atoms with E-state index in [1.165, 1.54) is 12.1 Å². The Bertz CT molecular complexity index is 590. The topological polar surface area (TPSA) is 69.4 Å². The minimum absolute atomic E-state index is 0. The Morgan fingerprint density at radius 2 is 2.32 bits per heavy atom. The van der Waals surface area contributed by atoms with E-state index < -0.39 is 0 Å². The van der Waals surface area contributed by atoms with Crippen LogP contribution in [0, 0.1) is 5.82 Å². The average molecular weight is 330 g/mol. The molecule has 120 valence electrons. The first-order valence-electron chi connectivity index (χ1n) is 6.82.